The minimum absolute atomic E-state index is 0.161. The van der Waals surface area contributed by atoms with Crippen LogP contribution in [0.15, 0.2) is 77.0 Å². The molecule has 0 unspecified atom stereocenters. The van der Waals surface area contributed by atoms with Crippen LogP contribution in [0.25, 0.3) is 0 Å². The van der Waals surface area contributed by atoms with E-state index in [2.05, 4.69) is 5.32 Å². The van der Waals surface area contributed by atoms with E-state index < -0.39 is 39.1 Å². The van der Waals surface area contributed by atoms with Crippen molar-refractivity contribution in [3.05, 3.63) is 88.1 Å². The number of nitrogens with zero attached hydrogens (tertiary/aromatic N) is 1. The Kier molecular flexibility index (Phi) is 7.14. The molecule has 1 heterocycles. The van der Waals surface area contributed by atoms with Crippen LogP contribution in [0, 0.1) is 0 Å². The molecular formula is C21H19F3N2O3S2. The second kappa shape index (κ2) is 9.63. The zero-order valence-corrected chi connectivity index (χ0v) is 17.8. The van der Waals surface area contributed by atoms with Crippen LogP contribution < -0.4 is 5.32 Å². The van der Waals surface area contributed by atoms with E-state index in [0.29, 0.717) is 11.6 Å². The van der Waals surface area contributed by atoms with Crippen molar-refractivity contribution in [2.45, 2.75) is 24.2 Å². The molecule has 0 atom stereocenters. The molecule has 0 radical (unpaired) electrons. The lowest BCUT2D eigenvalue weighted by Crippen LogP contribution is -2.40. The van der Waals surface area contributed by atoms with Crippen LogP contribution in [0.2, 0.25) is 0 Å². The number of carbonyl (C=O) groups excluding carboxylic acids is 1. The van der Waals surface area contributed by atoms with Crippen molar-refractivity contribution < 1.29 is 26.4 Å². The Balaban J connectivity index is 1.86. The summed E-state index contributed by atoms with van der Waals surface area (Å²) in [5.41, 5.74) is -0.473. The summed E-state index contributed by atoms with van der Waals surface area (Å²) < 4.78 is 66.4. The van der Waals surface area contributed by atoms with E-state index in [9.17, 15) is 26.4 Å². The first kappa shape index (κ1) is 23.0. The number of amides is 1. The van der Waals surface area contributed by atoms with Gasteiger partial charge >= 0.3 is 6.18 Å². The van der Waals surface area contributed by atoms with Crippen molar-refractivity contribution in [1.82, 2.24) is 9.62 Å². The smallest absolute Gasteiger partial charge is 0.350 e. The number of hydrogen-bond acceptors (Lipinski definition) is 4. The van der Waals surface area contributed by atoms with Gasteiger partial charge in [0.25, 0.3) is 0 Å². The van der Waals surface area contributed by atoms with Crippen LogP contribution in [-0.2, 0) is 34.1 Å². The number of rotatable bonds is 8. The van der Waals surface area contributed by atoms with Gasteiger partial charge in [-0.25, -0.2) is 8.42 Å². The molecule has 0 fully saturated rings. The van der Waals surface area contributed by atoms with Crippen molar-refractivity contribution >= 4 is 27.3 Å². The van der Waals surface area contributed by atoms with Crippen molar-refractivity contribution in [3.63, 3.8) is 0 Å². The lowest BCUT2D eigenvalue weighted by atomic mass is 10.2. The summed E-state index contributed by atoms with van der Waals surface area (Å²) in [6.07, 6.45) is -4.69. The molecule has 0 aliphatic heterocycles. The van der Waals surface area contributed by atoms with Gasteiger partial charge in [0, 0.05) is 11.4 Å². The summed E-state index contributed by atoms with van der Waals surface area (Å²) in [4.78, 5) is 12.8. The van der Waals surface area contributed by atoms with E-state index >= 15 is 0 Å². The van der Waals surface area contributed by atoms with E-state index in [-0.39, 0.29) is 13.1 Å². The second-order valence-electron chi connectivity index (χ2n) is 6.64. The number of carbonyl (C=O) groups is 1. The third-order valence-electron chi connectivity index (χ3n) is 4.36. The highest BCUT2D eigenvalue weighted by atomic mass is 32.2. The largest absolute Gasteiger partial charge is 0.416 e. The molecule has 3 aromatic rings. The predicted octanol–water partition coefficient (Wildman–Crippen LogP) is 4.27. The minimum Gasteiger partial charge on any atom is -0.350 e. The highest BCUT2D eigenvalue weighted by Gasteiger charge is 2.33. The maximum Gasteiger partial charge on any atom is 0.416 e. The lowest BCUT2D eigenvalue weighted by molar-refractivity contribution is -0.137. The van der Waals surface area contributed by atoms with Gasteiger partial charge < -0.3 is 5.32 Å². The van der Waals surface area contributed by atoms with Gasteiger partial charge in [-0.05, 0) is 35.2 Å². The molecule has 0 saturated carbocycles. The first-order valence-corrected chi connectivity index (χ1v) is 11.5. The highest BCUT2D eigenvalue weighted by molar-refractivity contribution is 7.89. The van der Waals surface area contributed by atoms with E-state index in [0.717, 1.165) is 27.4 Å². The number of benzene rings is 2. The molecule has 31 heavy (non-hydrogen) atoms. The van der Waals surface area contributed by atoms with E-state index in [1.54, 1.807) is 30.3 Å². The van der Waals surface area contributed by atoms with Gasteiger partial charge in [-0.15, -0.1) is 11.3 Å². The number of sulfonamides is 1. The van der Waals surface area contributed by atoms with Crippen molar-refractivity contribution in [2.75, 3.05) is 6.54 Å². The normalized spacial score (nSPS) is 12.1. The Bertz CT molecular complexity index is 1120. The summed E-state index contributed by atoms with van der Waals surface area (Å²) >= 11 is 1.44. The fraction of sp³-hybridized carbons (Fsp3) is 0.190. The maximum absolute atomic E-state index is 13.2. The molecular weight excluding hydrogens is 449 g/mol. The van der Waals surface area contributed by atoms with E-state index in [4.69, 9.17) is 0 Å². The zero-order chi connectivity index (χ0) is 22.5. The number of halogens is 3. The summed E-state index contributed by atoms with van der Waals surface area (Å²) in [6.45, 7) is -0.454. The molecule has 5 nitrogen and oxygen atoms in total. The first-order valence-electron chi connectivity index (χ1n) is 9.16. The van der Waals surface area contributed by atoms with Gasteiger partial charge in [-0.2, -0.15) is 17.5 Å². The second-order valence-corrected chi connectivity index (χ2v) is 9.61. The Hall–Kier alpha value is -2.69. The predicted molar refractivity (Wildman–Crippen MR) is 112 cm³/mol. The fourth-order valence-corrected chi connectivity index (χ4v) is 4.89. The molecule has 0 aliphatic rings. The first-order chi connectivity index (χ1) is 14.7. The van der Waals surface area contributed by atoms with Crippen LogP contribution in [0.4, 0.5) is 13.2 Å². The van der Waals surface area contributed by atoms with Gasteiger partial charge in [-0.3, -0.25) is 4.79 Å². The van der Waals surface area contributed by atoms with Crippen LogP contribution in [0.3, 0.4) is 0 Å². The minimum atomic E-state index is -4.69. The highest BCUT2D eigenvalue weighted by Crippen LogP contribution is 2.31. The third-order valence-corrected chi connectivity index (χ3v) is 7.02. The standard InChI is InChI=1S/C21H19F3N2O3S2/c22-21(23,24)17-8-4-10-19(12-17)31(28,29)26(14-16-6-2-1-3-7-16)15-20(27)25-13-18-9-5-11-30-18/h1-12H,13-15H2,(H,25,27). The molecule has 1 amide bonds. The summed E-state index contributed by atoms with van der Waals surface area (Å²) in [5.74, 6) is -0.556. The van der Waals surface area contributed by atoms with Crippen LogP contribution >= 0.6 is 11.3 Å². The van der Waals surface area contributed by atoms with Crippen molar-refractivity contribution in [1.29, 1.82) is 0 Å². The monoisotopic (exact) mass is 468 g/mol. The van der Waals surface area contributed by atoms with Gasteiger partial charge in [0.1, 0.15) is 0 Å². The maximum atomic E-state index is 13.2. The molecule has 2 aromatic carbocycles. The average Bonchev–Trinajstić information content (AvgIpc) is 3.26. The Morgan fingerprint density at radius 2 is 1.74 bits per heavy atom. The van der Waals surface area contributed by atoms with Gasteiger partial charge in [0.05, 0.1) is 23.5 Å². The van der Waals surface area contributed by atoms with E-state index in [1.807, 2.05) is 17.5 Å². The number of thiophene rings is 1. The quantitative estimate of drug-likeness (QED) is 0.537. The molecule has 0 bridgehead atoms. The van der Waals surface area contributed by atoms with E-state index in [1.165, 1.54) is 11.3 Å². The van der Waals surface area contributed by atoms with Crippen LogP contribution in [0.5, 0.6) is 0 Å². The molecule has 1 aromatic heterocycles. The van der Waals surface area contributed by atoms with Gasteiger partial charge in [0.15, 0.2) is 0 Å². The van der Waals surface area contributed by atoms with Crippen LogP contribution in [-0.4, -0.2) is 25.2 Å². The van der Waals surface area contributed by atoms with Crippen molar-refractivity contribution in [2.24, 2.45) is 0 Å². The molecule has 3 rings (SSSR count). The SMILES string of the molecule is O=C(CN(Cc1ccccc1)S(=O)(=O)c1cccc(C(F)(F)F)c1)NCc1cccs1. The molecule has 164 valence electrons. The third kappa shape index (κ3) is 6.16. The zero-order valence-electron chi connectivity index (χ0n) is 16.2. The summed E-state index contributed by atoms with van der Waals surface area (Å²) in [5, 5.41) is 4.49. The molecule has 0 spiro atoms. The fourth-order valence-electron chi connectivity index (χ4n) is 2.81. The lowest BCUT2D eigenvalue weighted by Gasteiger charge is -2.22. The van der Waals surface area contributed by atoms with Crippen LogP contribution in [0.1, 0.15) is 16.0 Å². The summed E-state index contributed by atoms with van der Waals surface area (Å²) in [7, 11) is -4.37. The Morgan fingerprint density at radius 3 is 2.39 bits per heavy atom. The molecule has 10 heteroatoms. The Morgan fingerprint density at radius 1 is 1.00 bits per heavy atom. The van der Waals surface area contributed by atoms with Gasteiger partial charge in [0.2, 0.25) is 15.9 Å². The topological polar surface area (TPSA) is 66.5 Å². The number of nitrogens with one attached hydrogen (secondary N) is 1. The average molecular weight is 469 g/mol. The Labute approximate surface area is 182 Å². The number of alkyl halides is 3. The number of hydrogen-bond donors (Lipinski definition) is 1. The van der Waals surface area contributed by atoms with Gasteiger partial charge in [-0.1, -0.05) is 42.5 Å². The molecule has 0 saturated heterocycles. The molecule has 1 N–H and O–H groups in total. The molecule has 0 aliphatic carbocycles. The van der Waals surface area contributed by atoms with Crippen molar-refractivity contribution in [3.8, 4) is 0 Å². The summed E-state index contributed by atoms with van der Waals surface area (Å²) in [6, 6.07) is 15.7.